The van der Waals surface area contributed by atoms with Crippen LogP contribution >= 0.6 is 7.82 Å². The lowest BCUT2D eigenvalue weighted by molar-refractivity contribution is -0.870. The van der Waals surface area contributed by atoms with Gasteiger partial charge in [-0.2, -0.15) is 0 Å². The molecular formula is C54H105NO7P+. The summed E-state index contributed by atoms with van der Waals surface area (Å²) < 4.78 is 35.2. The first-order chi connectivity index (χ1) is 30.6. The van der Waals surface area contributed by atoms with Crippen LogP contribution in [0.4, 0.5) is 0 Å². The zero-order chi connectivity index (χ0) is 46.2. The van der Waals surface area contributed by atoms with Crippen LogP contribution in [-0.2, 0) is 27.9 Å². The molecule has 0 aliphatic rings. The number of hydrogen-bond donors (Lipinski definition) is 1. The second kappa shape index (κ2) is 47.2. The van der Waals surface area contributed by atoms with Gasteiger partial charge in [-0.3, -0.25) is 13.8 Å². The number of carbonyl (C=O) groups is 1. The molecule has 9 heteroatoms. The lowest BCUT2D eigenvalue weighted by Gasteiger charge is -2.24. The van der Waals surface area contributed by atoms with E-state index in [9.17, 15) is 14.3 Å². The molecule has 8 nitrogen and oxygen atoms in total. The molecule has 0 heterocycles. The number of likely N-dealkylation sites (N-methyl/N-ethyl adjacent to an activating group) is 1. The quantitative estimate of drug-likeness (QED) is 0.0214. The predicted octanol–water partition coefficient (Wildman–Crippen LogP) is 16.5. The van der Waals surface area contributed by atoms with Crippen molar-refractivity contribution >= 4 is 13.8 Å². The van der Waals surface area contributed by atoms with Crippen LogP contribution in [0.15, 0.2) is 36.5 Å². The van der Waals surface area contributed by atoms with E-state index in [4.69, 9.17) is 18.5 Å². The molecule has 1 N–H and O–H groups in total. The van der Waals surface area contributed by atoms with Crippen molar-refractivity contribution in [2.24, 2.45) is 0 Å². The molecule has 0 bridgehead atoms. The summed E-state index contributed by atoms with van der Waals surface area (Å²) in [5.74, 6) is -0.314. The standard InChI is InChI=1S/C54H104NO7P/c1-6-8-10-12-14-16-18-20-22-24-26-27-28-29-30-31-33-35-37-39-41-43-45-47-54(56)62-53(52-61-63(57,58)60-50-48-55(3,4)5)51-59-49-46-44-42-40-38-36-34-32-25-23-21-19-17-15-13-11-9-7-2/h18,20-21,23-24,26,53H,6-17,19,22,25,27-52H2,1-5H3/p+1/b20-18-,23-21-,26-24-. The van der Waals surface area contributed by atoms with Gasteiger partial charge >= 0.3 is 13.8 Å². The number of ether oxygens (including phenoxy) is 2. The summed E-state index contributed by atoms with van der Waals surface area (Å²) in [6.07, 6.45) is 57.6. The van der Waals surface area contributed by atoms with Crippen molar-refractivity contribution in [2.75, 3.05) is 54.1 Å². The molecule has 0 radical (unpaired) electrons. The normalized spacial score (nSPS) is 13.8. The van der Waals surface area contributed by atoms with Gasteiger partial charge in [-0.15, -0.1) is 0 Å². The Kier molecular flexibility index (Phi) is 46.3. The van der Waals surface area contributed by atoms with Crippen molar-refractivity contribution in [1.82, 2.24) is 0 Å². The molecule has 0 amide bonds. The highest BCUT2D eigenvalue weighted by Gasteiger charge is 2.26. The van der Waals surface area contributed by atoms with Gasteiger partial charge in [-0.1, -0.05) is 204 Å². The molecule has 63 heavy (non-hydrogen) atoms. The van der Waals surface area contributed by atoms with Gasteiger partial charge in [0.1, 0.15) is 19.3 Å². The van der Waals surface area contributed by atoms with Gasteiger partial charge in [0.25, 0.3) is 0 Å². The average molecular weight is 911 g/mol. The van der Waals surface area contributed by atoms with E-state index in [0.717, 1.165) is 38.5 Å². The van der Waals surface area contributed by atoms with Crippen molar-refractivity contribution in [3.05, 3.63) is 36.5 Å². The van der Waals surface area contributed by atoms with Crippen LogP contribution in [0.25, 0.3) is 0 Å². The third kappa shape index (κ3) is 51.6. The van der Waals surface area contributed by atoms with Crippen molar-refractivity contribution in [3.63, 3.8) is 0 Å². The summed E-state index contributed by atoms with van der Waals surface area (Å²) in [5, 5.41) is 0. The number of esters is 1. The second-order valence-electron chi connectivity index (χ2n) is 19.3. The van der Waals surface area contributed by atoms with E-state index in [-0.39, 0.29) is 25.8 Å². The maximum absolute atomic E-state index is 12.8. The predicted molar refractivity (Wildman–Crippen MR) is 270 cm³/mol. The Bertz CT molecular complexity index is 1100. The molecule has 0 fully saturated rings. The van der Waals surface area contributed by atoms with Gasteiger partial charge in [0.2, 0.25) is 0 Å². The van der Waals surface area contributed by atoms with Gasteiger partial charge in [-0.25, -0.2) is 4.57 Å². The van der Waals surface area contributed by atoms with Gasteiger partial charge in [-0.05, 0) is 70.6 Å². The summed E-state index contributed by atoms with van der Waals surface area (Å²) in [4.78, 5) is 23.0. The fourth-order valence-electron chi connectivity index (χ4n) is 7.52. The fraction of sp³-hybridized carbons (Fsp3) is 0.870. The van der Waals surface area contributed by atoms with Gasteiger partial charge in [0.05, 0.1) is 34.4 Å². The number of carbonyl (C=O) groups excluding carboxylic acids is 1. The molecule has 0 saturated heterocycles. The van der Waals surface area contributed by atoms with Crippen molar-refractivity contribution in [2.45, 2.75) is 251 Å². The Morgan fingerprint density at radius 2 is 0.873 bits per heavy atom. The molecule has 0 saturated carbocycles. The SMILES string of the molecule is CCCCCCC/C=C\C/C=C\CCCCCCCCCCCCCC(=O)OC(COCCCCCCCCCC/C=C\CCCCCCCC)COP(=O)(O)OCC[N+](C)(C)C. The Morgan fingerprint density at radius 3 is 1.30 bits per heavy atom. The van der Waals surface area contributed by atoms with Gasteiger partial charge in [0, 0.05) is 13.0 Å². The highest BCUT2D eigenvalue weighted by molar-refractivity contribution is 7.47. The van der Waals surface area contributed by atoms with E-state index in [1.54, 1.807) is 0 Å². The third-order valence-corrected chi connectivity index (χ3v) is 12.7. The highest BCUT2D eigenvalue weighted by Crippen LogP contribution is 2.43. The molecule has 0 rings (SSSR count). The minimum absolute atomic E-state index is 0.0882. The molecule has 0 aromatic carbocycles. The van der Waals surface area contributed by atoms with E-state index in [1.807, 2.05) is 21.1 Å². The third-order valence-electron chi connectivity index (χ3n) is 11.7. The number of unbranched alkanes of at least 4 members (excludes halogenated alkanes) is 30. The Morgan fingerprint density at radius 1 is 0.492 bits per heavy atom. The second-order valence-corrected chi connectivity index (χ2v) is 20.7. The van der Waals surface area contributed by atoms with Crippen molar-refractivity contribution in [3.8, 4) is 0 Å². The lowest BCUT2D eigenvalue weighted by Crippen LogP contribution is -2.37. The molecule has 372 valence electrons. The molecule has 0 aliphatic carbocycles. The zero-order valence-corrected chi connectivity index (χ0v) is 43.2. The van der Waals surface area contributed by atoms with Crippen LogP contribution in [0, 0.1) is 0 Å². The number of nitrogens with zero attached hydrogens (tertiary/aromatic N) is 1. The first kappa shape index (κ1) is 61.7. The maximum atomic E-state index is 12.8. The number of phosphoric acid groups is 1. The van der Waals surface area contributed by atoms with Crippen molar-refractivity contribution < 1.29 is 37.3 Å². The molecule has 0 aromatic rings. The van der Waals surface area contributed by atoms with Crippen molar-refractivity contribution in [1.29, 1.82) is 0 Å². The number of rotatable bonds is 50. The van der Waals surface area contributed by atoms with E-state index < -0.39 is 13.9 Å². The minimum Gasteiger partial charge on any atom is -0.457 e. The zero-order valence-electron chi connectivity index (χ0n) is 42.3. The topological polar surface area (TPSA) is 91.3 Å². The molecular weight excluding hydrogens is 806 g/mol. The summed E-state index contributed by atoms with van der Waals surface area (Å²) in [6.45, 7) is 5.64. The highest BCUT2D eigenvalue weighted by atomic mass is 31.2. The Hall–Kier alpha value is -1.28. The van der Waals surface area contributed by atoms with Crippen LogP contribution in [0.5, 0.6) is 0 Å². The largest absolute Gasteiger partial charge is 0.472 e. The number of phosphoric ester groups is 1. The first-order valence-electron chi connectivity index (χ1n) is 26.7. The molecule has 0 aliphatic heterocycles. The van der Waals surface area contributed by atoms with Crippen LogP contribution in [0.3, 0.4) is 0 Å². The van der Waals surface area contributed by atoms with Crippen LogP contribution < -0.4 is 0 Å². The summed E-state index contributed by atoms with van der Waals surface area (Å²) in [7, 11) is 1.67. The molecule has 0 spiro atoms. The summed E-state index contributed by atoms with van der Waals surface area (Å²) >= 11 is 0. The van der Waals surface area contributed by atoms with Crippen LogP contribution in [-0.4, -0.2) is 75.6 Å². The van der Waals surface area contributed by atoms with E-state index in [2.05, 4.69) is 50.3 Å². The Labute approximate surface area is 391 Å². The molecule has 0 aromatic heterocycles. The fourth-order valence-corrected chi connectivity index (χ4v) is 8.26. The number of allylic oxidation sites excluding steroid dienone is 6. The number of hydrogen-bond acceptors (Lipinski definition) is 6. The summed E-state index contributed by atoms with van der Waals surface area (Å²) in [6, 6.07) is 0. The molecule has 2 atom stereocenters. The van der Waals surface area contributed by atoms with Crippen LogP contribution in [0.1, 0.15) is 245 Å². The van der Waals surface area contributed by atoms with E-state index in [1.165, 1.54) is 186 Å². The smallest absolute Gasteiger partial charge is 0.457 e. The van der Waals surface area contributed by atoms with Crippen LogP contribution in [0.2, 0.25) is 0 Å². The minimum atomic E-state index is -4.28. The average Bonchev–Trinajstić information content (AvgIpc) is 3.24. The molecule has 2 unspecified atom stereocenters. The van der Waals surface area contributed by atoms with Gasteiger partial charge in [0.15, 0.2) is 0 Å². The maximum Gasteiger partial charge on any atom is 0.472 e. The summed E-state index contributed by atoms with van der Waals surface area (Å²) in [5.41, 5.74) is 0. The van der Waals surface area contributed by atoms with E-state index >= 15 is 0 Å². The first-order valence-corrected chi connectivity index (χ1v) is 28.2. The Balaban J connectivity index is 4.11. The van der Waals surface area contributed by atoms with Gasteiger partial charge < -0.3 is 18.9 Å². The van der Waals surface area contributed by atoms with E-state index in [0.29, 0.717) is 24.1 Å². The lowest BCUT2D eigenvalue weighted by atomic mass is 10.0. The number of quaternary nitrogens is 1. The monoisotopic (exact) mass is 911 g/mol.